The average molecular weight is 337 g/mol. The van der Waals surface area contributed by atoms with Crippen LogP contribution in [-0.2, 0) is 7.05 Å². The van der Waals surface area contributed by atoms with Crippen molar-refractivity contribution in [2.75, 3.05) is 53.4 Å². The maximum absolute atomic E-state index is 12.5. The molecule has 0 radical (unpaired) electrons. The van der Waals surface area contributed by atoms with Crippen molar-refractivity contribution in [2.24, 2.45) is 7.05 Å². The molecule has 1 fully saturated rings. The highest BCUT2D eigenvalue weighted by Crippen LogP contribution is 2.15. The van der Waals surface area contributed by atoms with Gasteiger partial charge in [-0.05, 0) is 19.0 Å². The van der Waals surface area contributed by atoms with Crippen molar-refractivity contribution in [1.82, 2.24) is 24.5 Å². The van der Waals surface area contributed by atoms with Crippen LogP contribution in [0.2, 0.25) is 0 Å². The molecule has 7 heteroatoms. The van der Waals surface area contributed by atoms with Gasteiger partial charge in [0.2, 0.25) is 0 Å². The van der Waals surface area contributed by atoms with Gasteiger partial charge < -0.3 is 14.9 Å². The highest BCUT2D eigenvalue weighted by Gasteiger charge is 2.22. The molecule has 1 aliphatic heterocycles. The monoisotopic (exact) mass is 337 g/mol. The van der Waals surface area contributed by atoms with Crippen LogP contribution in [-0.4, -0.2) is 95.0 Å². The maximum atomic E-state index is 12.5. The number of rotatable bonds is 6. The fourth-order valence-electron chi connectivity index (χ4n) is 3.11. The van der Waals surface area contributed by atoms with Crippen LogP contribution >= 0.6 is 0 Å². The maximum Gasteiger partial charge on any atom is 0.274 e. The summed E-state index contributed by atoms with van der Waals surface area (Å²) in [7, 11) is 5.69. The van der Waals surface area contributed by atoms with Crippen LogP contribution in [0, 0.1) is 0 Å². The normalized spacial score (nSPS) is 18.1. The SMILES string of the molecule is CC(C)c1cc(C(=O)N(C)CC(O)CN2CCN(C)CC2)nn1C. The van der Waals surface area contributed by atoms with Crippen molar-refractivity contribution < 1.29 is 9.90 Å². The molecule has 7 nitrogen and oxygen atoms in total. The fourth-order valence-corrected chi connectivity index (χ4v) is 3.11. The van der Waals surface area contributed by atoms with Crippen molar-refractivity contribution in [3.63, 3.8) is 0 Å². The van der Waals surface area contributed by atoms with Crippen molar-refractivity contribution in [2.45, 2.75) is 25.9 Å². The van der Waals surface area contributed by atoms with Gasteiger partial charge in [-0.25, -0.2) is 0 Å². The summed E-state index contributed by atoms with van der Waals surface area (Å²) in [6, 6.07) is 1.84. The first kappa shape index (κ1) is 18.9. The molecule has 0 bridgehead atoms. The van der Waals surface area contributed by atoms with Crippen molar-refractivity contribution in [3.8, 4) is 0 Å². The number of likely N-dealkylation sites (N-methyl/N-ethyl adjacent to an activating group) is 2. The topological polar surface area (TPSA) is 64.8 Å². The van der Waals surface area contributed by atoms with Gasteiger partial charge >= 0.3 is 0 Å². The summed E-state index contributed by atoms with van der Waals surface area (Å²) < 4.78 is 1.76. The van der Waals surface area contributed by atoms with E-state index in [0.29, 0.717) is 24.7 Å². The van der Waals surface area contributed by atoms with Crippen LogP contribution in [0.4, 0.5) is 0 Å². The minimum Gasteiger partial charge on any atom is -0.390 e. The number of aromatic nitrogens is 2. The lowest BCUT2D eigenvalue weighted by Gasteiger charge is -2.34. The second-order valence-corrected chi connectivity index (χ2v) is 7.18. The summed E-state index contributed by atoms with van der Waals surface area (Å²) in [5.74, 6) is 0.173. The predicted octanol–water partition coefficient (Wildman–Crippen LogP) is 0.224. The number of hydrogen-bond acceptors (Lipinski definition) is 5. The lowest BCUT2D eigenvalue weighted by Crippen LogP contribution is -2.49. The van der Waals surface area contributed by atoms with Gasteiger partial charge in [-0.2, -0.15) is 5.10 Å². The van der Waals surface area contributed by atoms with Gasteiger partial charge in [0.15, 0.2) is 5.69 Å². The summed E-state index contributed by atoms with van der Waals surface area (Å²) in [4.78, 5) is 18.6. The van der Waals surface area contributed by atoms with Crippen LogP contribution in [0.25, 0.3) is 0 Å². The minimum absolute atomic E-state index is 0.144. The molecule has 1 saturated heterocycles. The summed E-state index contributed by atoms with van der Waals surface area (Å²) in [6.07, 6.45) is -0.546. The first-order chi connectivity index (χ1) is 11.3. The summed E-state index contributed by atoms with van der Waals surface area (Å²) in [6.45, 7) is 9.04. The molecular weight excluding hydrogens is 306 g/mol. The van der Waals surface area contributed by atoms with Gasteiger partial charge in [-0.3, -0.25) is 14.4 Å². The molecule has 0 aliphatic carbocycles. The zero-order valence-electron chi connectivity index (χ0n) is 15.6. The lowest BCUT2D eigenvalue weighted by molar-refractivity contribution is 0.0498. The highest BCUT2D eigenvalue weighted by atomic mass is 16.3. The molecule has 2 heterocycles. The molecule has 1 atom stereocenters. The molecule has 24 heavy (non-hydrogen) atoms. The Morgan fingerprint density at radius 1 is 1.29 bits per heavy atom. The number of aryl methyl sites for hydroxylation is 1. The highest BCUT2D eigenvalue weighted by molar-refractivity contribution is 5.92. The number of aliphatic hydroxyl groups excluding tert-OH is 1. The standard InChI is InChI=1S/C17H31N5O2/c1-13(2)16-10-15(18-21(16)5)17(24)20(4)11-14(23)12-22-8-6-19(3)7-9-22/h10,13-14,23H,6-9,11-12H2,1-5H3. The Hall–Kier alpha value is -1.44. The Kier molecular flexibility index (Phi) is 6.37. The van der Waals surface area contributed by atoms with E-state index in [1.54, 1.807) is 16.6 Å². The quantitative estimate of drug-likeness (QED) is 0.805. The Morgan fingerprint density at radius 3 is 2.46 bits per heavy atom. The van der Waals surface area contributed by atoms with E-state index >= 15 is 0 Å². The van der Waals surface area contributed by atoms with Crippen molar-refractivity contribution >= 4 is 5.91 Å². The molecule has 1 aromatic heterocycles. The molecule has 1 N–H and O–H groups in total. The van der Waals surface area contributed by atoms with E-state index in [-0.39, 0.29) is 5.91 Å². The second kappa shape index (κ2) is 8.09. The smallest absolute Gasteiger partial charge is 0.274 e. The van der Waals surface area contributed by atoms with E-state index in [4.69, 9.17) is 0 Å². The van der Waals surface area contributed by atoms with E-state index in [1.165, 1.54) is 0 Å². The number of aliphatic hydroxyl groups is 1. The molecule has 0 saturated carbocycles. The first-order valence-electron chi connectivity index (χ1n) is 8.66. The molecule has 1 aromatic rings. The Morgan fingerprint density at radius 2 is 1.92 bits per heavy atom. The van der Waals surface area contributed by atoms with E-state index < -0.39 is 6.10 Å². The number of amides is 1. The summed E-state index contributed by atoms with van der Waals surface area (Å²) in [5.41, 5.74) is 1.47. The molecule has 0 aromatic carbocycles. The largest absolute Gasteiger partial charge is 0.390 e. The molecule has 1 unspecified atom stereocenters. The van der Waals surface area contributed by atoms with Crippen LogP contribution in [0.15, 0.2) is 6.07 Å². The van der Waals surface area contributed by atoms with E-state index in [1.807, 2.05) is 13.1 Å². The van der Waals surface area contributed by atoms with Gasteiger partial charge in [0, 0.05) is 59.1 Å². The number of nitrogens with zero attached hydrogens (tertiary/aromatic N) is 5. The summed E-state index contributed by atoms with van der Waals surface area (Å²) in [5, 5.41) is 14.6. The number of carbonyl (C=O) groups is 1. The van der Waals surface area contributed by atoms with Gasteiger partial charge in [-0.1, -0.05) is 13.8 Å². The average Bonchev–Trinajstić information content (AvgIpc) is 2.90. The minimum atomic E-state index is -0.546. The van der Waals surface area contributed by atoms with Crippen LogP contribution in [0.1, 0.15) is 35.9 Å². The van der Waals surface area contributed by atoms with E-state index in [2.05, 4.69) is 35.8 Å². The van der Waals surface area contributed by atoms with Crippen molar-refractivity contribution in [3.05, 3.63) is 17.5 Å². The number of piperazine rings is 1. The van der Waals surface area contributed by atoms with Gasteiger partial charge in [-0.15, -0.1) is 0 Å². The molecule has 1 amide bonds. The molecule has 1 aliphatic rings. The Bertz CT molecular complexity index is 549. The van der Waals surface area contributed by atoms with Gasteiger partial charge in [0.05, 0.1) is 6.10 Å². The van der Waals surface area contributed by atoms with Crippen LogP contribution in [0.3, 0.4) is 0 Å². The lowest BCUT2D eigenvalue weighted by atomic mass is 10.1. The predicted molar refractivity (Wildman–Crippen MR) is 94.2 cm³/mol. The Labute approximate surface area is 144 Å². The number of carbonyl (C=O) groups excluding carboxylic acids is 1. The van der Waals surface area contributed by atoms with Crippen LogP contribution < -0.4 is 0 Å². The zero-order chi connectivity index (χ0) is 17.9. The zero-order valence-corrected chi connectivity index (χ0v) is 15.6. The van der Waals surface area contributed by atoms with E-state index in [0.717, 1.165) is 31.9 Å². The van der Waals surface area contributed by atoms with Gasteiger partial charge in [0.1, 0.15) is 0 Å². The van der Waals surface area contributed by atoms with Crippen LogP contribution in [0.5, 0.6) is 0 Å². The van der Waals surface area contributed by atoms with E-state index in [9.17, 15) is 9.90 Å². The second-order valence-electron chi connectivity index (χ2n) is 7.18. The third-order valence-electron chi connectivity index (χ3n) is 4.62. The fraction of sp³-hybridized carbons (Fsp3) is 0.765. The number of β-amino-alcohol motifs (C(OH)–C–C–N with tert-alkyl or cyclic N) is 1. The third-order valence-corrected chi connectivity index (χ3v) is 4.62. The molecule has 0 spiro atoms. The molecule has 136 valence electrons. The number of hydrogen-bond donors (Lipinski definition) is 1. The van der Waals surface area contributed by atoms with Gasteiger partial charge in [0.25, 0.3) is 5.91 Å². The first-order valence-corrected chi connectivity index (χ1v) is 8.66. The third kappa shape index (κ3) is 4.78. The molecule has 2 rings (SSSR count). The summed E-state index contributed by atoms with van der Waals surface area (Å²) >= 11 is 0. The molecular formula is C17H31N5O2. The van der Waals surface area contributed by atoms with Crippen molar-refractivity contribution in [1.29, 1.82) is 0 Å². The Balaban J connectivity index is 1.87.